The Morgan fingerprint density at radius 2 is 2.03 bits per heavy atom. The maximum Gasteiger partial charge on any atom is 0.418 e. The number of amides is 6. The molecule has 12 nitrogen and oxygen atoms in total. The maximum atomic E-state index is 13.5. The Bertz CT molecular complexity index is 1200. The number of nitrogens with one attached hydrogen (secondary N) is 2. The molecule has 1 aromatic carbocycles. The summed E-state index contributed by atoms with van der Waals surface area (Å²) >= 11 is 0. The second-order valence-corrected chi connectivity index (χ2v) is 10.2. The van der Waals surface area contributed by atoms with Gasteiger partial charge in [0, 0.05) is 37.8 Å². The minimum atomic E-state index is -1.48. The van der Waals surface area contributed by atoms with E-state index in [9.17, 15) is 24.0 Å². The number of carbonyl (C=O) groups excluding carboxylic acids is 5. The molecule has 4 heterocycles. The van der Waals surface area contributed by atoms with E-state index in [-0.39, 0.29) is 30.5 Å². The zero-order valence-electron chi connectivity index (χ0n) is 20.5. The number of benzene rings is 1. The summed E-state index contributed by atoms with van der Waals surface area (Å²) < 4.78 is 11.2. The van der Waals surface area contributed by atoms with E-state index in [2.05, 4.69) is 10.6 Å². The van der Waals surface area contributed by atoms with E-state index in [0.717, 1.165) is 16.9 Å². The van der Waals surface area contributed by atoms with Crippen molar-refractivity contribution in [1.82, 2.24) is 20.0 Å². The van der Waals surface area contributed by atoms with Gasteiger partial charge in [-0.1, -0.05) is 6.07 Å². The average molecular weight is 512 g/mol. The van der Waals surface area contributed by atoms with Crippen LogP contribution >= 0.6 is 0 Å². The van der Waals surface area contributed by atoms with Crippen molar-refractivity contribution < 1.29 is 33.4 Å². The molecule has 6 rings (SSSR count). The standard InChI is InChI=1S/C25H29N5O7/c1-26-23(34)27-15-4-5-18-14(9-15)6-7-25(18)22(33)30(24(35)37-25)12-20(31)28-8-2-3-19(28)21(32)29-11-17-10-16(29)13-36-17/h4-5,9,16-17,19H,2-3,6-8,10-13H2,1H3,(H2,26,27,34)/t16?,17?,19-,25+/m0/s1. The number of aryl methyl sites for hydroxylation is 1. The number of rotatable bonds is 4. The van der Waals surface area contributed by atoms with Crippen LogP contribution in [0.3, 0.4) is 0 Å². The van der Waals surface area contributed by atoms with Crippen LogP contribution in [0.4, 0.5) is 15.3 Å². The molecule has 1 aliphatic carbocycles. The van der Waals surface area contributed by atoms with Crippen LogP contribution in [0.1, 0.15) is 36.8 Å². The van der Waals surface area contributed by atoms with E-state index in [1.807, 2.05) is 4.90 Å². The number of morpholine rings is 1. The number of likely N-dealkylation sites (tertiary alicyclic amines) is 2. The van der Waals surface area contributed by atoms with Crippen LogP contribution in [0.5, 0.6) is 0 Å². The topological polar surface area (TPSA) is 138 Å². The van der Waals surface area contributed by atoms with Crippen molar-refractivity contribution in [3.8, 4) is 0 Å². The van der Waals surface area contributed by atoms with Gasteiger partial charge in [0.15, 0.2) is 0 Å². The number of anilines is 1. The van der Waals surface area contributed by atoms with E-state index in [1.54, 1.807) is 18.2 Å². The minimum Gasteiger partial charge on any atom is -0.427 e. The molecule has 6 amide bonds. The van der Waals surface area contributed by atoms with Crippen LogP contribution in [0.2, 0.25) is 0 Å². The van der Waals surface area contributed by atoms with Gasteiger partial charge in [0.1, 0.15) is 12.6 Å². The van der Waals surface area contributed by atoms with E-state index >= 15 is 0 Å². The Hall–Kier alpha value is -3.67. The first kappa shape index (κ1) is 23.7. The van der Waals surface area contributed by atoms with Gasteiger partial charge >= 0.3 is 12.1 Å². The second kappa shape index (κ2) is 8.72. The van der Waals surface area contributed by atoms with Crippen molar-refractivity contribution in [2.75, 3.05) is 38.6 Å². The summed E-state index contributed by atoms with van der Waals surface area (Å²) in [6.07, 6.45) is 2.00. The first-order valence-electron chi connectivity index (χ1n) is 12.7. The molecule has 4 fully saturated rings. The zero-order chi connectivity index (χ0) is 25.9. The summed E-state index contributed by atoms with van der Waals surface area (Å²) in [6.45, 7) is 1.00. The summed E-state index contributed by atoms with van der Waals surface area (Å²) in [7, 11) is 1.51. The molecule has 2 unspecified atom stereocenters. The molecular weight excluding hydrogens is 482 g/mol. The minimum absolute atomic E-state index is 0.0551. The molecule has 196 valence electrons. The summed E-state index contributed by atoms with van der Waals surface area (Å²) in [5.41, 5.74) is 0.426. The number of ether oxygens (including phenoxy) is 2. The molecule has 12 heteroatoms. The average Bonchev–Trinajstić information content (AvgIpc) is 3.71. The molecule has 2 N–H and O–H groups in total. The second-order valence-electron chi connectivity index (χ2n) is 10.2. The maximum absolute atomic E-state index is 13.5. The number of hydrogen-bond donors (Lipinski definition) is 2. The van der Waals surface area contributed by atoms with E-state index in [1.165, 1.54) is 11.9 Å². The number of fused-ring (bicyclic) bond motifs is 4. The van der Waals surface area contributed by atoms with Crippen LogP contribution in [-0.2, 0) is 35.9 Å². The van der Waals surface area contributed by atoms with Crippen molar-refractivity contribution >= 4 is 35.5 Å². The van der Waals surface area contributed by atoms with Gasteiger partial charge in [0.05, 0.1) is 18.8 Å². The van der Waals surface area contributed by atoms with E-state index < -0.39 is 36.1 Å². The quantitative estimate of drug-likeness (QED) is 0.602. The van der Waals surface area contributed by atoms with Gasteiger partial charge in [-0.15, -0.1) is 0 Å². The van der Waals surface area contributed by atoms with E-state index in [0.29, 0.717) is 50.2 Å². The molecule has 0 radical (unpaired) electrons. The third-order valence-electron chi connectivity index (χ3n) is 8.18. The number of urea groups is 1. The summed E-state index contributed by atoms with van der Waals surface area (Å²) in [5, 5.41) is 5.16. The molecular formula is C25H29N5O7. The Kier molecular flexibility index (Phi) is 5.59. The highest BCUT2D eigenvalue weighted by Crippen LogP contribution is 2.46. The Labute approximate surface area is 213 Å². The number of carbonyl (C=O) groups is 5. The predicted molar refractivity (Wildman–Crippen MR) is 127 cm³/mol. The van der Waals surface area contributed by atoms with Gasteiger partial charge in [-0.2, -0.15) is 0 Å². The molecule has 4 saturated heterocycles. The highest BCUT2D eigenvalue weighted by Gasteiger charge is 2.58. The third kappa shape index (κ3) is 3.73. The van der Waals surface area contributed by atoms with Crippen LogP contribution in [0.15, 0.2) is 18.2 Å². The molecule has 4 aliphatic heterocycles. The van der Waals surface area contributed by atoms with Gasteiger partial charge in [0.25, 0.3) is 5.91 Å². The highest BCUT2D eigenvalue weighted by molar-refractivity contribution is 6.06. The van der Waals surface area contributed by atoms with E-state index in [4.69, 9.17) is 9.47 Å². The first-order valence-corrected chi connectivity index (χ1v) is 12.7. The Balaban J connectivity index is 1.16. The molecule has 5 aliphatic rings. The van der Waals surface area contributed by atoms with Crippen molar-refractivity contribution in [1.29, 1.82) is 0 Å². The van der Waals surface area contributed by atoms with Crippen molar-refractivity contribution in [3.05, 3.63) is 29.3 Å². The SMILES string of the molecule is CNC(=O)Nc1ccc2c(c1)CC[C@@]21OC(=O)N(CC(=O)N2CCC[C@H]2C(=O)N2CC3CC2CO3)C1=O. The van der Waals surface area contributed by atoms with Crippen molar-refractivity contribution in [2.45, 2.75) is 55.9 Å². The monoisotopic (exact) mass is 511 g/mol. The number of nitrogens with zero attached hydrogens (tertiary/aromatic N) is 3. The Morgan fingerprint density at radius 3 is 2.76 bits per heavy atom. The molecule has 2 bridgehead atoms. The lowest BCUT2D eigenvalue weighted by atomic mass is 9.94. The fourth-order valence-corrected chi connectivity index (χ4v) is 6.33. The smallest absolute Gasteiger partial charge is 0.418 e. The lowest BCUT2D eigenvalue weighted by Gasteiger charge is -2.33. The van der Waals surface area contributed by atoms with Gasteiger partial charge in [-0.25, -0.2) is 14.5 Å². The molecule has 0 saturated carbocycles. The van der Waals surface area contributed by atoms with Gasteiger partial charge in [-0.3, -0.25) is 14.4 Å². The Morgan fingerprint density at radius 1 is 1.19 bits per heavy atom. The van der Waals surface area contributed by atoms with Gasteiger partial charge in [-0.05, 0) is 43.4 Å². The summed E-state index contributed by atoms with van der Waals surface area (Å²) in [4.78, 5) is 68.7. The largest absolute Gasteiger partial charge is 0.427 e. The zero-order valence-corrected chi connectivity index (χ0v) is 20.5. The molecule has 0 aromatic heterocycles. The van der Waals surface area contributed by atoms with Crippen LogP contribution in [0.25, 0.3) is 0 Å². The summed E-state index contributed by atoms with van der Waals surface area (Å²) in [6, 6.07) is 4.17. The predicted octanol–water partition coefficient (Wildman–Crippen LogP) is 0.549. The fourth-order valence-electron chi connectivity index (χ4n) is 6.33. The lowest BCUT2D eigenvalue weighted by molar-refractivity contribution is -0.148. The molecule has 1 spiro atoms. The van der Waals surface area contributed by atoms with Crippen LogP contribution in [0, 0.1) is 0 Å². The van der Waals surface area contributed by atoms with Crippen LogP contribution < -0.4 is 10.6 Å². The van der Waals surface area contributed by atoms with Crippen molar-refractivity contribution in [2.24, 2.45) is 0 Å². The van der Waals surface area contributed by atoms with Gasteiger partial charge < -0.3 is 29.9 Å². The lowest BCUT2D eigenvalue weighted by Crippen LogP contribution is -2.53. The van der Waals surface area contributed by atoms with Crippen LogP contribution in [-0.4, -0.2) is 96.0 Å². The van der Waals surface area contributed by atoms with Gasteiger partial charge in [0.2, 0.25) is 17.4 Å². The summed E-state index contributed by atoms with van der Waals surface area (Å²) in [5.74, 6) is -1.10. The normalized spacial score (nSPS) is 29.8. The highest BCUT2D eigenvalue weighted by atomic mass is 16.6. The first-order chi connectivity index (χ1) is 17.8. The third-order valence-corrected chi connectivity index (χ3v) is 8.18. The van der Waals surface area contributed by atoms with Crippen molar-refractivity contribution in [3.63, 3.8) is 0 Å². The molecule has 37 heavy (non-hydrogen) atoms. The fraction of sp³-hybridized carbons (Fsp3) is 0.560. The molecule has 1 aromatic rings. The molecule has 4 atom stereocenters. The number of imide groups is 1. The number of hydrogen-bond acceptors (Lipinski definition) is 7.